The van der Waals surface area contributed by atoms with Gasteiger partial charge >= 0.3 is 23.9 Å². The van der Waals surface area contributed by atoms with Gasteiger partial charge in [0.15, 0.2) is 12.2 Å². The highest BCUT2D eigenvalue weighted by Crippen LogP contribution is 2.49. The van der Waals surface area contributed by atoms with E-state index in [9.17, 15) is 28.8 Å². The van der Waals surface area contributed by atoms with Crippen molar-refractivity contribution >= 4 is 59.2 Å². The number of thioether (sulfide) groups is 2. The fraction of sp³-hybridized carbons (Fsp3) is 0.250. The van der Waals surface area contributed by atoms with Crippen LogP contribution in [0, 0.1) is 0 Å². The molecule has 0 spiro atoms. The van der Waals surface area contributed by atoms with E-state index in [0.29, 0.717) is 29.1 Å². The maximum Gasteiger partial charge on any atom is 0.356 e. The Morgan fingerprint density at radius 1 is 0.583 bits per heavy atom. The van der Waals surface area contributed by atoms with Crippen molar-refractivity contribution in [3.8, 4) is 0 Å². The van der Waals surface area contributed by atoms with Gasteiger partial charge in [-0.15, -0.1) is 30.1 Å². The Hall–Kier alpha value is -7.24. The van der Waals surface area contributed by atoms with Gasteiger partial charge in [-0.3, -0.25) is 29.0 Å². The minimum Gasteiger partial charge on any atom is -0.461 e. The van der Waals surface area contributed by atoms with E-state index in [-0.39, 0.29) is 42.8 Å². The van der Waals surface area contributed by atoms with Crippen molar-refractivity contribution in [1.82, 2.24) is 9.80 Å². The molecule has 14 nitrogen and oxygen atoms in total. The second-order valence-corrected chi connectivity index (χ2v) is 19.7. The first-order valence-electron chi connectivity index (χ1n) is 23.2. The molecule has 0 aromatic heterocycles. The molecule has 0 unspecified atom stereocenters. The Kier molecular flexibility index (Phi) is 15.9. The first kappa shape index (κ1) is 51.1. The van der Waals surface area contributed by atoms with Gasteiger partial charge in [0.1, 0.15) is 46.4 Å². The van der Waals surface area contributed by atoms with Crippen molar-refractivity contribution in [3.05, 3.63) is 215 Å². The molecule has 2 amide bonds. The fourth-order valence-corrected chi connectivity index (χ4v) is 11.9. The predicted octanol–water partition coefficient (Wildman–Crippen LogP) is 7.32. The maximum atomic E-state index is 13.9. The van der Waals surface area contributed by atoms with Gasteiger partial charge in [0.2, 0.25) is 0 Å². The van der Waals surface area contributed by atoms with Crippen LogP contribution in [-0.4, -0.2) is 92.0 Å². The van der Waals surface area contributed by atoms with E-state index in [2.05, 4.69) is 6.58 Å². The number of rotatable bonds is 16. The smallest absolute Gasteiger partial charge is 0.356 e. The Morgan fingerprint density at radius 2 is 0.917 bits per heavy atom. The molecule has 4 N–H and O–H groups in total. The lowest BCUT2D eigenvalue weighted by Crippen LogP contribution is -2.78. The average Bonchev–Trinajstić information content (AvgIpc) is 3.41. The number of ether oxygens (including phenoxy) is 4. The van der Waals surface area contributed by atoms with E-state index in [1.54, 1.807) is 6.08 Å². The van der Waals surface area contributed by atoms with Gasteiger partial charge < -0.3 is 30.4 Å². The second kappa shape index (κ2) is 22.5. The molecule has 5 aromatic rings. The molecule has 72 heavy (non-hydrogen) atoms. The number of hydrogen-bond acceptors (Lipinski definition) is 14. The number of esters is 4. The molecule has 0 saturated carbocycles. The van der Waals surface area contributed by atoms with Crippen LogP contribution in [0.4, 0.5) is 0 Å². The molecule has 4 heterocycles. The molecule has 2 saturated heterocycles. The van der Waals surface area contributed by atoms with E-state index < -0.39 is 57.9 Å². The SMILES string of the molecule is C=CC[C@]1(N)C(=O)N2C(C(=O)OC(c3ccccc3)c3ccccc3)=C(COC(C)=O)CS[C@@H]21.CC(=O)OCC1=C(C(=O)OC(c2ccccc2)c2ccccc2)N2C(=O)[C@@](N)(Cc3ccccc3)[C@H]2SC1. The molecule has 5 aromatic carbocycles. The van der Waals surface area contributed by atoms with E-state index in [1.165, 1.54) is 47.2 Å². The Morgan fingerprint density at radius 3 is 1.26 bits per heavy atom. The third-order valence-corrected chi connectivity index (χ3v) is 15.5. The topological polar surface area (TPSA) is 198 Å². The van der Waals surface area contributed by atoms with Gasteiger partial charge in [-0.25, -0.2) is 9.59 Å². The normalized spacial score (nSPS) is 21.0. The van der Waals surface area contributed by atoms with Crippen molar-refractivity contribution < 1.29 is 47.7 Å². The van der Waals surface area contributed by atoms with Crippen molar-refractivity contribution in [2.45, 2.75) is 60.7 Å². The lowest BCUT2D eigenvalue weighted by Gasteiger charge is -2.56. The molecular weight excluding hydrogens is 953 g/mol. The molecule has 16 heteroatoms. The van der Waals surface area contributed by atoms with Crippen LogP contribution in [0.15, 0.2) is 187 Å². The number of benzene rings is 5. The Labute approximate surface area is 426 Å². The van der Waals surface area contributed by atoms with Gasteiger partial charge in [-0.1, -0.05) is 158 Å². The summed E-state index contributed by atoms with van der Waals surface area (Å²) in [5.41, 5.74) is 16.1. The summed E-state index contributed by atoms with van der Waals surface area (Å²) in [6, 6.07) is 47.2. The zero-order valence-corrected chi connectivity index (χ0v) is 41.4. The van der Waals surface area contributed by atoms with Gasteiger partial charge in [0, 0.05) is 42.9 Å². The molecule has 0 bridgehead atoms. The molecule has 370 valence electrons. The third-order valence-electron chi connectivity index (χ3n) is 12.5. The number of nitrogens with zero attached hydrogens (tertiary/aromatic N) is 2. The van der Waals surface area contributed by atoms with Crippen LogP contribution in [0.3, 0.4) is 0 Å². The van der Waals surface area contributed by atoms with Crippen molar-refractivity contribution in [3.63, 3.8) is 0 Å². The van der Waals surface area contributed by atoms with Crippen LogP contribution in [0.5, 0.6) is 0 Å². The molecule has 4 aliphatic rings. The summed E-state index contributed by atoms with van der Waals surface area (Å²) < 4.78 is 22.5. The van der Waals surface area contributed by atoms with Crippen molar-refractivity contribution in [2.75, 3.05) is 24.7 Å². The molecule has 9 rings (SSSR count). The number of carbonyl (C=O) groups excluding carboxylic acids is 6. The number of fused-ring (bicyclic) bond motifs is 2. The first-order valence-corrected chi connectivity index (χ1v) is 25.3. The van der Waals surface area contributed by atoms with E-state index in [0.717, 1.165) is 27.8 Å². The number of β-lactam (4-membered cyclic amide) rings is 2. The van der Waals surface area contributed by atoms with Crippen LogP contribution in [0.1, 0.15) is 60.3 Å². The quantitative estimate of drug-likeness (QED) is 0.0432. The molecule has 0 radical (unpaired) electrons. The zero-order chi connectivity index (χ0) is 51.0. The number of hydrogen-bond donors (Lipinski definition) is 2. The Balaban J connectivity index is 0.000000194. The summed E-state index contributed by atoms with van der Waals surface area (Å²) >= 11 is 2.89. The van der Waals surface area contributed by atoms with E-state index in [4.69, 9.17) is 30.4 Å². The van der Waals surface area contributed by atoms with Crippen LogP contribution in [0.2, 0.25) is 0 Å². The van der Waals surface area contributed by atoms with Crippen LogP contribution in [-0.2, 0) is 54.1 Å². The maximum absolute atomic E-state index is 13.9. The lowest BCUT2D eigenvalue weighted by atomic mass is 9.81. The summed E-state index contributed by atoms with van der Waals surface area (Å²) in [4.78, 5) is 80.0. The number of nitrogens with two attached hydrogens (primary N) is 2. The standard InChI is InChI=1S/C30H28N2O5S.C26H26N2O5S/c1-20(33)36-18-24-19-38-29-30(31,17-21-11-5-2-6-12-21)28(35)32(29)25(24)27(34)37-26(22-13-7-3-8-14-22)23-15-9-4-10-16-23;1-3-14-26(27)24(31)28-21(20(15-32-17(2)29)16-34-25(26)28)23(30)33-22(18-10-6-4-7-11-18)19-12-8-5-9-13-19/h2-16,26,29H,17-19,31H2,1H3;3-13,22,25H,1,14-16,27H2,2H3/t29-,30+;25-,26+/m11/s1. The molecule has 0 aliphatic carbocycles. The molecular formula is C56H54N4O10S2. The summed E-state index contributed by atoms with van der Waals surface area (Å²) in [5, 5.41) is -0.890. The minimum atomic E-state index is -1.16. The summed E-state index contributed by atoms with van der Waals surface area (Å²) in [6.45, 7) is 6.08. The lowest BCUT2D eigenvalue weighted by molar-refractivity contribution is -0.158. The Bertz CT molecular complexity index is 2810. The van der Waals surface area contributed by atoms with Crippen LogP contribution >= 0.6 is 23.5 Å². The first-order chi connectivity index (χ1) is 34.7. The fourth-order valence-electron chi connectivity index (χ4n) is 9.02. The van der Waals surface area contributed by atoms with Gasteiger partial charge in [0.05, 0.1) is 0 Å². The highest BCUT2D eigenvalue weighted by molar-refractivity contribution is 8.00. The summed E-state index contributed by atoms with van der Waals surface area (Å²) in [6.07, 6.45) is 0.866. The van der Waals surface area contributed by atoms with Crippen LogP contribution < -0.4 is 11.5 Å². The highest BCUT2D eigenvalue weighted by Gasteiger charge is 2.63. The largest absolute Gasteiger partial charge is 0.461 e. The van der Waals surface area contributed by atoms with E-state index >= 15 is 0 Å². The van der Waals surface area contributed by atoms with Gasteiger partial charge in [0.25, 0.3) is 11.8 Å². The molecule has 4 atom stereocenters. The van der Waals surface area contributed by atoms with Crippen molar-refractivity contribution in [1.29, 1.82) is 0 Å². The predicted molar refractivity (Wildman–Crippen MR) is 274 cm³/mol. The molecule has 2 fully saturated rings. The number of amides is 2. The third kappa shape index (κ3) is 10.7. The summed E-state index contributed by atoms with van der Waals surface area (Å²) in [7, 11) is 0. The zero-order valence-electron chi connectivity index (χ0n) is 39.7. The minimum absolute atomic E-state index is 0.0944. The monoisotopic (exact) mass is 1010 g/mol. The highest BCUT2D eigenvalue weighted by atomic mass is 32.2. The number of carbonyl (C=O) groups is 6. The van der Waals surface area contributed by atoms with Gasteiger partial charge in [-0.05, 0) is 34.2 Å². The average molecular weight is 1010 g/mol. The second-order valence-electron chi connectivity index (χ2n) is 17.6. The summed E-state index contributed by atoms with van der Waals surface area (Å²) in [5.74, 6) is -2.27. The van der Waals surface area contributed by atoms with Gasteiger partial charge in [-0.2, -0.15) is 0 Å². The van der Waals surface area contributed by atoms with Crippen molar-refractivity contribution in [2.24, 2.45) is 11.5 Å². The molecule has 4 aliphatic heterocycles. The van der Waals surface area contributed by atoms with Crippen LogP contribution in [0.25, 0.3) is 0 Å². The van der Waals surface area contributed by atoms with E-state index in [1.807, 2.05) is 152 Å².